The van der Waals surface area contributed by atoms with Gasteiger partial charge in [0.05, 0.1) is 16.7 Å². The van der Waals surface area contributed by atoms with E-state index >= 15 is 0 Å². The van der Waals surface area contributed by atoms with E-state index in [0.29, 0.717) is 28.2 Å². The number of halogens is 1. The van der Waals surface area contributed by atoms with E-state index in [1.165, 1.54) is 22.7 Å². The molecule has 140 valence electrons. The Morgan fingerprint density at radius 3 is 2.63 bits per heavy atom. The van der Waals surface area contributed by atoms with E-state index in [9.17, 15) is 14.0 Å². The Bertz CT molecular complexity index is 1040. The molecule has 2 aromatic carbocycles. The molecule has 5 nitrogen and oxygen atoms in total. The molecule has 3 rings (SSSR count). The summed E-state index contributed by atoms with van der Waals surface area (Å²) in [5, 5.41) is 1.07. The van der Waals surface area contributed by atoms with E-state index in [2.05, 4.69) is 4.98 Å². The molecule has 0 fully saturated rings. The van der Waals surface area contributed by atoms with Crippen molar-refractivity contribution in [2.45, 2.75) is 25.2 Å². The van der Waals surface area contributed by atoms with E-state index in [1.54, 1.807) is 48.0 Å². The van der Waals surface area contributed by atoms with E-state index in [0.717, 1.165) is 0 Å². The summed E-state index contributed by atoms with van der Waals surface area (Å²) >= 11 is 1.22. The van der Waals surface area contributed by atoms with Crippen molar-refractivity contribution in [2.24, 2.45) is 0 Å². The third kappa shape index (κ3) is 4.19. The zero-order valence-electron chi connectivity index (χ0n) is 15.2. The van der Waals surface area contributed by atoms with Crippen LogP contribution >= 0.6 is 11.8 Å². The minimum atomic E-state index is -0.333. The van der Waals surface area contributed by atoms with E-state index in [4.69, 9.17) is 0 Å². The maximum absolute atomic E-state index is 13.8. The van der Waals surface area contributed by atoms with Crippen LogP contribution in [0.4, 0.5) is 4.39 Å². The second kappa shape index (κ2) is 8.35. The van der Waals surface area contributed by atoms with Crippen molar-refractivity contribution in [1.82, 2.24) is 14.5 Å². The van der Waals surface area contributed by atoms with Crippen LogP contribution in [0.2, 0.25) is 0 Å². The SMILES string of the molecule is CCn1c(SCC(=O)N(C)Cc2ccccc2F)nc2ccccc2c1=O. The van der Waals surface area contributed by atoms with Gasteiger partial charge in [-0.2, -0.15) is 0 Å². The maximum Gasteiger partial charge on any atom is 0.262 e. The second-order valence-electron chi connectivity index (χ2n) is 6.09. The number of thioether (sulfide) groups is 1. The van der Waals surface area contributed by atoms with Crippen LogP contribution in [0.15, 0.2) is 58.5 Å². The Labute approximate surface area is 160 Å². The predicted molar refractivity (Wildman–Crippen MR) is 105 cm³/mol. The van der Waals surface area contributed by atoms with Crippen LogP contribution in [0.1, 0.15) is 12.5 Å². The largest absolute Gasteiger partial charge is 0.341 e. The average Bonchev–Trinajstić information content (AvgIpc) is 2.68. The summed E-state index contributed by atoms with van der Waals surface area (Å²) in [6.07, 6.45) is 0. The van der Waals surface area contributed by atoms with E-state index < -0.39 is 0 Å². The van der Waals surface area contributed by atoms with Gasteiger partial charge in [0.1, 0.15) is 5.82 Å². The van der Waals surface area contributed by atoms with Crippen molar-refractivity contribution in [1.29, 1.82) is 0 Å². The fraction of sp³-hybridized carbons (Fsp3) is 0.250. The molecule has 0 unspecified atom stereocenters. The number of rotatable bonds is 6. The van der Waals surface area contributed by atoms with Gasteiger partial charge in [-0.05, 0) is 25.1 Å². The fourth-order valence-corrected chi connectivity index (χ4v) is 3.75. The van der Waals surface area contributed by atoms with Crippen LogP contribution in [0.3, 0.4) is 0 Å². The summed E-state index contributed by atoms with van der Waals surface area (Å²) in [6.45, 7) is 2.53. The Morgan fingerprint density at radius 1 is 1.19 bits per heavy atom. The van der Waals surface area contributed by atoms with Gasteiger partial charge in [0, 0.05) is 25.7 Å². The van der Waals surface area contributed by atoms with Gasteiger partial charge in [-0.3, -0.25) is 14.2 Å². The number of carbonyl (C=O) groups excluding carboxylic acids is 1. The molecule has 1 heterocycles. The molecule has 0 saturated carbocycles. The van der Waals surface area contributed by atoms with Gasteiger partial charge in [-0.15, -0.1) is 0 Å². The fourth-order valence-electron chi connectivity index (χ4n) is 2.74. The average molecular weight is 385 g/mol. The minimum Gasteiger partial charge on any atom is -0.341 e. The van der Waals surface area contributed by atoms with E-state index in [1.807, 2.05) is 13.0 Å². The first kappa shape index (κ1) is 19.1. The number of aromatic nitrogens is 2. The number of hydrogen-bond donors (Lipinski definition) is 0. The number of para-hydroxylation sites is 1. The Morgan fingerprint density at radius 2 is 1.89 bits per heavy atom. The molecule has 1 aromatic heterocycles. The Kier molecular flexibility index (Phi) is 5.91. The molecule has 0 aliphatic carbocycles. The first-order valence-corrected chi connectivity index (χ1v) is 9.59. The molecule has 0 spiro atoms. The summed E-state index contributed by atoms with van der Waals surface area (Å²) in [4.78, 5) is 31.1. The quantitative estimate of drug-likeness (QED) is 0.483. The number of fused-ring (bicyclic) bond motifs is 1. The summed E-state index contributed by atoms with van der Waals surface area (Å²) in [7, 11) is 1.63. The summed E-state index contributed by atoms with van der Waals surface area (Å²) < 4.78 is 15.3. The molecular weight excluding hydrogens is 365 g/mol. The highest BCUT2D eigenvalue weighted by Gasteiger charge is 2.15. The van der Waals surface area contributed by atoms with Gasteiger partial charge in [-0.1, -0.05) is 42.1 Å². The third-order valence-electron chi connectivity index (χ3n) is 4.26. The zero-order chi connectivity index (χ0) is 19.4. The lowest BCUT2D eigenvalue weighted by molar-refractivity contribution is -0.127. The molecular formula is C20H20FN3O2S. The van der Waals surface area contributed by atoms with Crippen LogP contribution in [-0.2, 0) is 17.9 Å². The highest BCUT2D eigenvalue weighted by atomic mass is 32.2. The second-order valence-corrected chi connectivity index (χ2v) is 7.03. The van der Waals surface area contributed by atoms with Crippen molar-refractivity contribution < 1.29 is 9.18 Å². The summed E-state index contributed by atoms with van der Waals surface area (Å²) in [6, 6.07) is 13.6. The number of nitrogens with zero attached hydrogens (tertiary/aromatic N) is 3. The number of carbonyl (C=O) groups is 1. The highest BCUT2D eigenvalue weighted by molar-refractivity contribution is 7.99. The number of benzene rings is 2. The lowest BCUT2D eigenvalue weighted by atomic mass is 10.2. The van der Waals surface area contributed by atoms with Crippen LogP contribution in [0.5, 0.6) is 0 Å². The van der Waals surface area contributed by atoms with Gasteiger partial charge < -0.3 is 4.90 Å². The van der Waals surface area contributed by atoms with Crippen molar-refractivity contribution in [2.75, 3.05) is 12.8 Å². The Hall–Kier alpha value is -2.67. The van der Waals surface area contributed by atoms with E-state index in [-0.39, 0.29) is 29.6 Å². The van der Waals surface area contributed by atoms with Crippen LogP contribution in [0.25, 0.3) is 10.9 Å². The first-order valence-electron chi connectivity index (χ1n) is 8.61. The zero-order valence-corrected chi connectivity index (χ0v) is 16.0. The van der Waals surface area contributed by atoms with Gasteiger partial charge in [0.2, 0.25) is 5.91 Å². The van der Waals surface area contributed by atoms with Gasteiger partial charge in [-0.25, -0.2) is 9.37 Å². The minimum absolute atomic E-state index is 0.113. The standard InChI is InChI=1S/C20H20FN3O2S/c1-3-24-19(26)15-9-5-7-11-17(15)22-20(24)27-13-18(25)23(2)12-14-8-4-6-10-16(14)21/h4-11H,3,12-13H2,1-2H3. The molecule has 7 heteroatoms. The van der Waals surface area contributed by atoms with Crippen LogP contribution < -0.4 is 5.56 Å². The molecule has 27 heavy (non-hydrogen) atoms. The molecule has 1 amide bonds. The molecule has 0 atom stereocenters. The maximum atomic E-state index is 13.8. The molecule has 0 radical (unpaired) electrons. The number of amides is 1. The first-order chi connectivity index (χ1) is 13.0. The van der Waals surface area contributed by atoms with Gasteiger partial charge in [0.15, 0.2) is 5.16 Å². The van der Waals surface area contributed by atoms with Crippen LogP contribution in [-0.4, -0.2) is 33.2 Å². The normalized spacial score (nSPS) is 10.9. The topological polar surface area (TPSA) is 55.2 Å². The molecule has 0 bridgehead atoms. The number of hydrogen-bond acceptors (Lipinski definition) is 4. The van der Waals surface area contributed by atoms with Crippen molar-refractivity contribution in [3.63, 3.8) is 0 Å². The monoisotopic (exact) mass is 385 g/mol. The molecule has 0 N–H and O–H groups in total. The molecule has 0 aliphatic heterocycles. The highest BCUT2D eigenvalue weighted by Crippen LogP contribution is 2.19. The summed E-state index contributed by atoms with van der Waals surface area (Å²) in [5.41, 5.74) is 0.965. The van der Waals surface area contributed by atoms with Gasteiger partial charge >= 0.3 is 0 Å². The van der Waals surface area contributed by atoms with Gasteiger partial charge in [0.25, 0.3) is 5.56 Å². The third-order valence-corrected chi connectivity index (χ3v) is 5.22. The smallest absolute Gasteiger partial charge is 0.262 e. The molecule has 0 saturated heterocycles. The van der Waals surface area contributed by atoms with Crippen molar-refractivity contribution in [3.8, 4) is 0 Å². The van der Waals surface area contributed by atoms with Crippen LogP contribution in [0, 0.1) is 5.82 Å². The van der Waals surface area contributed by atoms with Crippen molar-refractivity contribution >= 4 is 28.6 Å². The lowest BCUT2D eigenvalue weighted by Crippen LogP contribution is -2.29. The molecule has 3 aromatic rings. The Balaban J connectivity index is 1.75. The molecule has 0 aliphatic rings. The lowest BCUT2D eigenvalue weighted by Gasteiger charge is -2.18. The predicted octanol–water partition coefficient (Wildman–Crippen LogP) is 3.31. The summed E-state index contributed by atoms with van der Waals surface area (Å²) in [5.74, 6) is -0.371. The van der Waals surface area contributed by atoms with Crippen molar-refractivity contribution in [3.05, 3.63) is 70.3 Å².